The van der Waals surface area contributed by atoms with Gasteiger partial charge in [-0.15, -0.1) is 0 Å². The van der Waals surface area contributed by atoms with E-state index in [0.29, 0.717) is 11.8 Å². The van der Waals surface area contributed by atoms with Crippen molar-refractivity contribution in [1.29, 1.82) is 0 Å². The van der Waals surface area contributed by atoms with Crippen LogP contribution in [0.2, 0.25) is 30.1 Å². The maximum atomic E-state index is 13.2. The van der Waals surface area contributed by atoms with E-state index in [9.17, 15) is 19.2 Å². The summed E-state index contributed by atoms with van der Waals surface area (Å²) in [5.41, 5.74) is -1.30. The summed E-state index contributed by atoms with van der Waals surface area (Å²) in [5.74, 6) is -5.67. The SMILES string of the molecule is CCC1(COC(=O)c2c(Cl)c(Cl)cc(Cl)c2OC(=O)C(=O)Oc2c(Cl)cc(Cl)c(Cl)c2C(=O)OCC2(CC)CCC2C)CCC1C. The van der Waals surface area contributed by atoms with E-state index in [4.69, 9.17) is 88.6 Å². The molecular weight excluding hydrogens is 725 g/mol. The van der Waals surface area contributed by atoms with Crippen LogP contribution in [0.15, 0.2) is 12.1 Å². The van der Waals surface area contributed by atoms with Gasteiger partial charge in [0.05, 0.1) is 43.3 Å². The number of rotatable bonds is 10. The summed E-state index contributed by atoms with van der Waals surface area (Å²) in [5, 5.41) is -1.45. The Bertz CT molecular complexity index is 1460. The molecular formula is C32H32Cl6O8. The van der Waals surface area contributed by atoms with Crippen molar-refractivity contribution in [2.75, 3.05) is 13.2 Å². The average molecular weight is 757 g/mol. The molecule has 0 aromatic heterocycles. The van der Waals surface area contributed by atoms with Gasteiger partial charge in [0.25, 0.3) is 0 Å². The molecule has 0 N–H and O–H groups in total. The fraction of sp³-hybridized carbons (Fsp3) is 0.500. The van der Waals surface area contributed by atoms with Crippen LogP contribution in [0, 0.1) is 22.7 Å². The van der Waals surface area contributed by atoms with E-state index >= 15 is 0 Å². The molecule has 0 radical (unpaired) electrons. The smallest absolute Gasteiger partial charge is 0.423 e. The summed E-state index contributed by atoms with van der Waals surface area (Å²) in [4.78, 5) is 52.5. The quantitative estimate of drug-likeness (QED) is 0.102. The van der Waals surface area contributed by atoms with E-state index in [0.717, 1.165) is 50.7 Å². The third-order valence-electron chi connectivity index (χ3n) is 9.85. The molecule has 2 aromatic carbocycles. The first-order chi connectivity index (χ1) is 21.6. The first-order valence-electron chi connectivity index (χ1n) is 14.7. The lowest BCUT2D eigenvalue weighted by molar-refractivity contribution is -0.156. The molecule has 250 valence electrons. The van der Waals surface area contributed by atoms with Crippen LogP contribution in [0.5, 0.6) is 11.5 Å². The molecule has 0 heterocycles. The van der Waals surface area contributed by atoms with Gasteiger partial charge in [-0.2, -0.15) is 0 Å². The molecule has 0 bridgehead atoms. The van der Waals surface area contributed by atoms with Gasteiger partial charge in [-0.05, 0) is 62.5 Å². The van der Waals surface area contributed by atoms with Crippen molar-refractivity contribution >= 4 is 93.5 Å². The highest BCUT2D eigenvalue weighted by Gasteiger charge is 2.45. The number of carbonyl (C=O) groups is 4. The van der Waals surface area contributed by atoms with Crippen LogP contribution >= 0.6 is 69.6 Å². The Labute approximate surface area is 297 Å². The molecule has 0 saturated heterocycles. The lowest BCUT2D eigenvalue weighted by Crippen LogP contribution is -2.42. The normalized spacial score (nSPS) is 23.5. The largest absolute Gasteiger partial charge is 0.461 e. The topological polar surface area (TPSA) is 105 Å². The Morgan fingerprint density at radius 3 is 1.26 bits per heavy atom. The Morgan fingerprint density at radius 2 is 1.00 bits per heavy atom. The summed E-state index contributed by atoms with van der Waals surface area (Å²) in [7, 11) is 0. The van der Waals surface area contributed by atoms with Crippen molar-refractivity contribution in [1.82, 2.24) is 0 Å². The fourth-order valence-corrected chi connectivity index (χ4v) is 7.36. The van der Waals surface area contributed by atoms with Gasteiger partial charge in [0, 0.05) is 10.8 Å². The second-order valence-electron chi connectivity index (χ2n) is 12.0. The minimum Gasteiger partial charge on any atom is -0.461 e. The third kappa shape index (κ3) is 7.08. The van der Waals surface area contributed by atoms with Crippen molar-refractivity contribution in [2.45, 2.75) is 66.2 Å². The Kier molecular flexibility index (Phi) is 11.8. The lowest BCUT2D eigenvalue weighted by Gasteiger charge is -2.47. The van der Waals surface area contributed by atoms with Gasteiger partial charge in [-0.3, -0.25) is 0 Å². The summed E-state index contributed by atoms with van der Waals surface area (Å²) in [6.07, 6.45) is 5.32. The number of hydrogen-bond donors (Lipinski definition) is 0. The Morgan fingerprint density at radius 1 is 0.652 bits per heavy atom. The van der Waals surface area contributed by atoms with Gasteiger partial charge < -0.3 is 18.9 Å². The highest BCUT2D eigenvalue weighted by molar-refractivity contribution is 6.47. The van der Waals surface area contributed by atoms with E-state index in [1.165, 1.54) is 0 Å². The van der Waals surface area contributed by atoms with Crippen LogP contribution in [0.3, 0.4) is 0 Å². The van der Waals surface area contributed by atoms with E-state index < -0.39 is 46.5 Å². The summed E-state index contributed by atoms with van der Waals surface area (Å²) >= 11 is 37.5. The number of benzene rings is 2. The zero-order chi connectivity index (χ0) is 34.1. The van der Waals surface area contributed by atoms with Gasteiger partial charge in [-0.1, -0.05) is 97.3 Å². The van der Waals surface area contributed by atoms with Gasteiger partial charge in [0.2, 0.25) is 0 Å². The second kappa shape index (κ2) is 14.7. The molecule has 2 aliphatic carbocycles. The molecule has 4 atom stereocenters. The first kappa shape index (κ1) is 36.9. The molecule has 0 aliphatic heterocycles. The van der Waals surface area contributed by atoms with Gasteiger partial charge >= 0.3 is 23.9 Å². The average Bonchev–Trinajstić information content (AvgIpc) is 3.01. The van der Waals surface area contributed by atoms with Crippen molar-refractivity contribution in [3.8, 4) is 11.5 Å². The van der Waals surface area contributed by atoms with Crippen molar-refractivity contribution in [3.63, 3.8) is 0 Å². The zero-order valence-electron chi connectivity index (χ0n) is 25.5. The molecule has 2 aromatic rings. The Hall–Kier alpha value is -1.94. The van der Waals surface area contributed by atoms with Gasteiger partial charge in [-0.25, -0.2) is 19.2 Å². The number of carbonyl (C=O) groups excluding carboxylic acids is 4. The van der Waals surface area contributed by atoms with Crippen molar-refractivity contribution < 1.29 is 38.1 Å². The summed E-state index contributed by atoms with van der Waals surface area (Å²) in [6, 6.07) is 2.27. The lowest BCUT2D eigenvalue weighted by atomic mass is 9.60. The number of halogens is 6. The van der Waals surface area contributed by atoms with Crippen LogP contribution in [0.4, 0.5) is 0 Å². The Balaban J connectivity index is 1.57. The highest BCUT2D eigenvalue weighted by Crippen LogP contribution is 2.51. The van der Waals surface area contributed by atoms with E-state index in [-0.39, 0.29) is 54.2 Å². The molecule has 2 saturated carbocycles. The monoisotopic (exact) mass is 754 g/mol. The number of esters is 4. The van der Waals surface area contributed by atoms with E-state index in [1.54, 1.807) is 0 Å². The van der Waals surface area contributed by atoms with Gasteiger partial charge in [0.1, 0.15) is 11.1 Å². The molecule has 4 rings (SSSR count). The van der Waals surface area contributed by atoms with Crippen LogP contribution in [-0.2, 0) is 19.1 Å². The van der Waals surface area contributed by atoms with Crippen molar-refractivity contribution in [2.24, 2.45) is 22.7 Å². The molecule has 46 heavy (non-hydrogen) atoms. The zero-order valence-corrected chi connectivity index (χ0v) is 30.0. The predicted molar refractivity (Wildman–Crippen MR) is 177 cm³/mol. The van der Waals surface area contributed by atoms with Crippen LogP contribution in [-0.4, -0.2) is 37.1 Å². The fourth-order valence-electron chi connectivity index (χ4n) is 5.92. The van der Waals surface area contributed by atoms with Gasteiger partial charge in [0.15, 0.2) is 11.5 Å². The van der Waals surface area contributed by atoms with E-state index in [2.05, 4.69) is 13.8 Å². The minimum absolute atomic E-state index is 0.0897. The van der Waals surface area contributed by atoms with Crippen LogP contribution in [0.1, 0.15) is 86.9 Å². The standard InChI is InChI=1S/C32H32Cl6O8/c1-5-31(9-7-15(31)3)13-43-27(39)21-23(37)17(33)11-19(35)25(21)45-29(41)30(42)46-26-20(36)12-18(34)24(38)22(26)28(40)44-14-32(6-2)10-8-16(32)4/h11-12,15-16H,5-10,13-14H2,1-4H3. The maximum Gasteiger partial charge on any atom is 0.423 e. The van der Waals surface area contributed by atoms with E-state index in [1.807, 2.05) is 13.8 Å². The molecule has 2 aliphatic rings. The highest BCUT2D eigenvalue weighted by atomic mass is 35.5. The van der Waals surface area contributed by atoms with Crippen LogP contribution < -0.4 is 9.47 Å². The third-order valence-corrected chi connectivity index (χ3v) is 12.0. The van der Waals surface area contributed by atoms with Crippen molar-refractivity contribution in [3.05, 3.63) is 53.4 Å². The molecule has 14 heteroatoms. The maximum absolute atomic E-state index is 13.2. The van der Waals surface area contributed by atoms with Crippen LogP contribution in [0.25, 0.3) is 0 Å². The predicted octanol–water partition coefficient (Wildman–Crippen LogP) is 10.1. The summed E-state index contributed by atoms with van der Waals surface area (Å²) < 4.78 is 21.6. The molecule has 2 fully saturated rings. The second-order valence-corrected chi connectivity index (χ2v) is 14.3. The molecule has 4 unspecified atom stereocenters. The summed E-state index contributed by atoms with van der Waals surface area (Å²) in [6.45, 7) is 8.34. The number of hydrogen-bond acceptors (Lipinski definition) is 8. The minimum atomic E-state index is -1.64. The molecule has 8 nitrogen and oxygen atoms in total. The number of ether oxygens (including phenoxy) is 4. The molecule has 0 amide bonds. The first-order valence-corrected chi connectivity index (χ1v) is 17.0. The molecule has 0 spiro atoms.